The van der Waals surface area contributed by atoms with E-state index in [9.17, 15) is 18.0 Å². The molecule has 0 unspecified atom stereocenters. The van der Waals surface area contributed by atoms with Crippen LogP contribution in [0.15, 0.2) is 29.2 Å². The number of carbonyl (C=O) groups is 1. The average Bonchev–Trinajstić information content (AvgIpc) is 2.74. The van der Waals surface area contributed by atoms with E-state index in [-0.39, 0.29) is 5.91 Å². The Hall–Kier alpha value is -1.38. The predicted octanol–water partition coefficient (Wildman–Crippen LogP) is 3.94. The molecular formula is C15H14F3NO2S2. The van der Waals surface area contributed by atoms with E-state index in [4.69, 9.17) is 17.0 Å². The summed E-state index contributed by atoms with van der Waals surface area (Å²) in [6.45, 7) is 0.933. The molecule has 0 spiro atoms. The number of nitrogens with zero attached hydrogens (tertiary/aromatic N) is 1. The van der Waals surface area contributed by atoms with Crippen LogP contribution in [0.1, 0.15) is 17.5 Å². The fraction of sp³-hybridized carbons (Fsp3) is 0.333. The minimum atomic E-state index is -4.41. The minimum absolute atomic E-state index is 0.284. The van der Waals surface area contributed by atoms with Gasteiger partial charge in [-0.3, -0.25) is 9.69 Å². The van der Waals surface area contributed by atoms with Crippen LogP contribution >= 0.6 is 24.0 Å². The van der Waals surface area contributed by atoms with Crippen LogP contribution in [0.5, 0.6) is 0 Å². The zero-order valence-corrected chi connectivity index (χ0v) is 13.9. The van der Waals surface area contributed by atoms with Gasteiger partial charge in [-0.25, -0.2) is 0 Å². The molecule has 1 fully saturated rings. The van der Waals surface area contributed by atoms with E-state index < -0.39 is 11.7 Å². The molecule has 1 aromatic rings. The lowest BCUT2D eigenvalue weighted by molar-refractivity contribution is -0.137. The molecule has 1 saturated heterocycles. The molecule has 1 aliphatic rings. The number of methoxy groups -OCH3 is 1. The van der Waals surface area contributed by atoms with Crippen molar-refractivity contribution in [1.82, 2.24) is 4.90 Å². The van der Waals surface area contributed by atoms with Crippen LogP contribution in [0.3, 0.4) is 0 Å². The quantitative estimate of drug-likeness (QED) is 0.451. The van der Waals surface area contributed by atoms with Gasteiger partial charge in [0, 0.05) is 20.3 Å². The Labute approximate surface area is 141 Å². The number of halogens is 3. The first-order chi connectivity index (χ1) is 10.8. The molecule has 0 saturated carbocycles. The second kappa shape index (κ2) is 7.46. The van der Waals surface area contributed by atoms with Gasteiger partial charge in [0.25, 0.3) is 5.91 Å². The molecule has 124 valence electrons. The molecule has 0 N–H and O–H groups in total. The molecule has 8 heteroatoms. The number of amides is 1. The molecule has 2 rings (SSSR count). The van der Waals surface area contributed by atoms with Crippen LogP contribution in [0.4, 0.5) is 13.2 Å². The SMILES string of the molecule is COCCCN1C(=O)C(=Cc2cccc(C(F)(F)F)c2)SC1=S. The van der Waals surface area contributed by atoms with Crippen LogP contribution in [0.2, 0.25) is 0 Å². The van der Waals surface area contributed by atoms with Crippen molar-refractivity contribution < 1.29 is 22.7 Å². The van der Waals surface area contributed by atoms with Crippen LogP contribution in [-0.4, -0.2) is 35.4 Å². The van der Waals surface area contributed by atoms with Crippen molar-refractivity contribution in [3.63, 3.8) is 0 Å². The van der Waals surface area contributed by atoms with Crippen molar-refractivity contribution in [1.29, 1.82) is 0 Å². The molecular weight excluding hydrogens is 347 g/mol. The summed E-state index contributed by atoms with van der Waals surface area (Å²) >= 11 is 6.25. The first-order valence-corrected chi connectivity index (χ1v) is 7.97. The smallest absolute Gasteiger partial charge is 0.385 e. The first-order valence-electron chi connectivity index (χ1n) is 6.74. The second-order valence-electron chi connectivity index (χ2n) is 4.80. The van der Waals surface area contributed by atoms with E-state index in [1.807, 2.05) is 0 Å². The third-order valence-corrected chi connectivity index (χ3v) is 4.49. The maximum absolute atomic E-state index is 12.7. The van der Waals surface area contributed by atoms with Crippen LogP contribution in [-0.2, 0) is 15.7 Å². The topological polar surface area (TPSA) is 29.5 Å². The zero-order chi connectivity index (χ0) is 17.0. The van der Waals surface area contributed by atoms with E-state index in [0.29, 0.717) is 34.4 Å². The summed E-state index contributed by atoms with van der Waals surface area (Å²) in [5.74, 6) is -0.284. The standard InChI is InChI=1S/C15H14F3NO2S2/c1-21-7-3-6-19-13(20)12(23-14(19)22)9-10-4-2-5-11(8-10)15(16,17)18/h2,4-5,8-9H,3,6-7H2,1H3. The maximum atomic E-state index is 12.7. The lowest BCUT2D eigenvalue weighted by Gasteiger charge is -2.13. The van der Waals surface area contributed by atoms with Gasteiger partial charge in [-0.05, 0) is 30.2 Å². The molecule has 1 amide bonds. The van der Waals surface area contributed by atoms with Gasteiger partial charge >= 0.3 is 6.18 Å². The lowest BCUT2D eigenvalue weighted by atomic mass is 10.1. The minimum Gasteiger partial charge on any atom is -0.385 e. The Morgan fingerprint density at radius 1 is 1.39 bits per heavy atom. The van der Waals surface area contributed by atoms with Gasteiger partial charge in [0.05, 0.1) is 10.5 Å². The fourth-order valence-corrected chi connectivity index (χ4v) is 3.32. The van der Waals surface area contributed by atoms with Gasteiger partial charge in [0.2, 0.25) is 0 Å². The third-order valence-electron chi connectivity index (χ3n) is 3.12. The van der Waals surface area contributed by atoms with Crippen LogP contribution < -0.4 is 0 Å². The van der Waals surface area contributed by atoms with Crippen molar-refractivity contribution in [2.75, 3.05) is 20.3 Å². The van der Waals surface area contributed by atoms with Gasteiger partial charge in [-0.15, -0.1) is 0 Å². The Morgan fingerprint density at radius 2 is 2.13 bits per heavy atom. The number of thioether (sulfide) groups is 1. The number of benzene rings is 1. The third kappa shape index (κ3) is 4.55. The second-order valence-corrected chi connectivity index (χ2v) is 6.48. The van der Waals surface area contributed by atoms with Crippen LogP contribution in [0, 0.1) is 0 Å². The molecule has 1 aliphatic heterocycles. The number of rotatable bonds is 5. The number of alkyl halides is 3. The van der Waals surface area contributed by atoms with Gasteiger partial charge in [-0.2, -0.15) is 13.2 Å². The molecule has 0 atom stereocenters. The van der Waals surface area contributed by atoms with Crippen molar-refractivity contribution >= 4 is 40.3 Å². The summed E-state index contributed by atoms with van der Waals surface area (Å²) < 4.78 is 43.5. The molecule has 0 bridgehead atoms. The molecule has 0 aromatic heterocycles. The molecule has 23 heavy (non-hydrogen) atoms. The number of hydrogen-bond donors (Lipinski definition) is 0. The highest BCUT2D eigenvalue weighted by molar-refractivity contribution is 8.26. The van der Waals surface area contributed by atoms with Gasteiger partial charge in [0.15, 0.2) is 0 Å². The van der Waals surface area contributed by atoms with Crippen molar-refractivity contribution in [2.24, 2.45) is 0 Å². The normalized spacial score (nSPS) is 17.4. The molecule has 3 nitrogen and oxygen atoms in total. The van der Waals surface area contributed by atoms with Crippen molar-refractivity contribution in [3.8, 4) is 0 Å². The van der Waals surface area contributed by atoms with Crippen LogP contribution in [0.25, 0.3) is 6.08 Å². The molecule has 0 radical (unpaired) electrons. The highest BCUT2D eigenvalue weighted by Gasteiger charge is 2.32. The summed E-state index contributed by atoms with van der Waals surface area (Å²) in [5.41, 5.74) is -0.431. The Kier molecular flexibility index (Phi) is 5.83. The van der Waals surface area contributed by atoms with Crippen molar-refractivity contribution in [2.45, 2.75) is 12.6 Å². The Morgan fingerprint density at radius 3 is 2.78 bits per heavy atom. The number of ether oxygens (including phenoxy) is 1. The van der Waals surface area contributed by atoms with Gasteiger partial charge in [-0.1, -0.05) is 36.1 Å². The number of hydrogen-bond acceptors (Lipinski definition) is 4. The summed E-state index contributed by atoms with van der Waals surface area (Å²) in [5, 5.41) is 0. The fourth-order valence-electron chi connectivity index (χ4n) is 2.02. The monoisotopic (exact) mass is 361 g/mol. The molecule has 1 aromatic carbocycles. The van der Waals surface area contributed by atoms with Crippen molar-refractivity contribution in [3.05, 3.63) is 40.3 Å². The predicted molar refractivity (Wildman–Crippen MR) is 87.8 cm³/mol. The zero-order valence-electron chi connectivity index (χ0n) is 12.2. The maximum Gasteiger partial charge on any atom is 0.416 e. The van der Waals surface area contributed by atoms with E-state index >= 15 is 0 Å². The number of carbonyl (C=O) groups excluding carboxylic acids is 1. The lowest BCUT2D eigenvalue weighted by Crippen LogP contribution is -2.29. The average molecular weight is 361 g/mol. The van der Waals surface area contributed by atoms with E-state index in [0.717, 1.165) is 23.9 Å². The molecule has 1 heterocycles. The number of thiocarbonyl (C=S) groups is 1. The highest BCUT2D eigenvalue weighted by Crippen LogP contribution is 2.34. The highest BCUT2D eigenvalue weighted by atomic mass is 32.2. The Bertz CT molecular complexity index is 644. The van der Waals surface area contributed by atoms with E-state index in [1.165, 1.54) is 23.1 Å². The first kappa shape index (κ1) is 18.0. The summed E-state index contributed by atoms with van der Waals surface area (Å²) in [4.78, 5) is 14.1. The van der Waals surface area contributed by atoms with E-state index in [1.54, 1.807) is 7.11 Å². The largest absolute Gasteiger partial charge is 0.416 e. The van der Waals surface area contributed by atoms with E-state index in [2.05, 4.69) is 0 Å². The summed E-state index contributed by atoms with van der Waals surface area (Å²) in [6, 6.07) is 4.84. The summed E-state index contributed by atoms with van der Waals surface area (Å²) in [7, 11) is 1.57. The van der Waals surface area contributed by atoms with Gasteiger partial charge < -0.3 is 4.74 Å². The molecule has 0 aliphatic carbocycles. The Balaban J connectivity index is 2.17. The van der Waals surface area contributed by atoms with Gasteiger partial charge in [0.1, 0.15) is 4.32 Å². The summed E-state index contributed by atoms with van der Waals surface area (Å²) in [6.07, 6.45) is -2.34.